The third-order valence-corrected chi connectivity index (χ3v) is 14.9. The molecule has 0 radical (unpaired) electrons. The van der Waals surface area contributed by atoms with E-state index < -0.39 is 0 Å². The van der Waals surface area contributed by atoms with Gasteiger partial charge in [0.15, 0.2) is 0 Å². The fourth-order valence-electron chi connectivity index (χ4n) is 9.55. The predicted octanol–water partition coefficient (Wildman–Crippen LogP) is 17.9. The average Bonchev–Trinajstić information content (AvgIpc) is 4.04. The van der Waals surface area contributed by atoms with Crippen LogP contribution in [0.4, 0.5) is 17.1 Å². The molecule has 0 atom stereocenters. The molecule has 0 aliphatic rings. The van der Waals surface area contributed by atoms with E-state index >= 15 is 0 Å². The Morgan fingerprint density at radius 2 is 0.968 bits per heavy atom. The summed E-state index contributed by atoms with van der Waals surface area (Å²) in [5, 5.41) is 9.82. The Morgan fingerprint density at radius 3 is 1.82 bits per heavy atom. The molecule has 0 bridgehead atoms. The van der Waals surface area contributed by atoms with Gasteiger partial charge in [0, 0.05) is 63.4 Å². The number of para-hydroxylation sites is 1. The van der Waals surface area contributed by atoms with Crippen LogP contribution in [-0.2, 0) is 0 Å². The molecule has 13 aromatic rings. The number of furan rings is 1. The molecular formula is C58H35NOS2. The second-order valence-electron chi connectivity index (χ2n) is 16.0. The molecule has 10 aromatic carbocycles. The van der Waals surface area contributed by atoms with Gasteiger partial charge in [0.05, 0.1) is 10.4 Å². The maximum absolute atomic E-state index is 6.58. The highest BCUT2D eigenvalue weighted by Gasteiger charge is 2.21. The topological polar surface area (TPSA) is 16.4 Å². The van der Waals surface area contributed by atoms with Crippen LogP contribution in [0, 0.1) is 0 Å². The number of anilines is 3. The Labute approximate surface area is 365 Å². The highest BCUT2D eigenvalue weighted by atomic mass is 32.1. The molecule has 3 heterocycles. The van der Waals surface area contributed by atoms with Gasteiger partial charge in [0.25, 0.3) is 0 Å². The molecule has 0 saturated heterocycles. The Hall–Kier alpha value is -7.50. The average molecular weight is 826 g/mol. The van der Waals surface area contributed by atoms with Crippen LogP contribution in [0.5, 0.6) is 0 Å². The number of thiophene rings is 2. The van der Waals surface area contributed by atoms with E-state index in [2.05, 4.69) is 217 Å². The zero-order chi connectivity index (χ0) is 40.7. The van der Waals surface area contributed by atoms with Gasteiger partial charge in [-0.1, -0.05) is 158 Å². The van der Waals surface area contributed by atoms with E-state index in [1.54, 1.807) is 0 Å². The van der Waals surface area contributed by atoms with Crippen LogP contribution in [-0.4, -0.2) is 0 Å². The summed E-state index contributed by atoms with van der Waals surface area (Å²) in [4.78, 5) is 2.44. The largest absolute Gasteiger partial charge is 0.455 e. The summed E-state index contributed by atoms with van der Waals surface area (Å²) in [5.74, 6) is 0. The molecule has 0 N–H and O–H groups in total. The number of rotatable bonds is 6. The number of hydrogen-bond donors (Lipinski definition) is 0. The summed E-state index contributed by atoms with van der Waals surface area (Å²) in [7, 11) is 0. The molecule has 0 spiro atoms. The quantitative estimate of drug-likeness (QED) is 0.166. The Bertz CT molecular complexity index is 3860. The maximum Gasteiger partial charge on any atom is 0.144 e. The van der Waals surface area contributed by atoms with Crippen molar-refractivity contribution in [3.63, 3.8) is 0 Å². The van der Waals surface area contributed by atoms with Crippen LogP contribution >= 0.6 is 22.7 Å². The van der Waals surface area contributed by atoms with Crippen molar-refractivity contribution in [2.24, 2.45) is 0 Å². The first-order chi connectivity index (χ1) is 30.7. The summed E-state index contributed by atoms with van der Waals surface area (Å²) in [6, 6.07) is 77.4. The molecule has 0 fully saturated rings. The zero-order valence-electron chi connectivity index (χ0n) is 33.4. The van der Waals surface area contributed by atoms with Gasteiger partial charge >= 0.3 is 0 Å². The number of benzene rings is 10. The normalized spacial score (nSPS) is 11.9. The molecular weight excluding hydrogens is 791 g/mol. The van der Waals surface area contributed by atoms with Crippen molar-refractivity contribution in [2.75, 3.05) is 4.90 Å². The third-order valence-electron chi connectivity index (χ3n) is 12.5. The van der Waals surface area contributed by atoms with Gasteiger partial charge in [-0.05, 0) is 93.2 Å². The Kier molecular flexibility index (Phi) is 7.99. The maximum atomic E-state index is 6.58. The molecule has 3 aromatic heterocycles. The van der Waals surface area contributed by atoms with Gasteiger partial charge in [-0.3, -0.25) is 0 Å². The van der Waals surface area contributed by atoms with E-state index in [0.717, 1.165) is 33.3 Å². The monoisotopic (exact) mass is 825 g/mol. The van der Waals surface area contributed by atoms with Crippen LogP contribution in [0.25, 0.3) is 106 Å². The molecule has 0 aliphatic heterocycles. The molecule has 0 unspecified atom stereocenters. The lowest BCUT2D eigenvalue weighted by Crippen LogP contribution is -2.10. The van der Waals surface area contributed by atoms with E-state index in [1.807, 2.05) is 22.7 Å². The highest BCUT2D eigenvalue weighted by molar-refractivity contribution is 7.27. The van der Waals surface area contributed by atoms with Gasteiger partial charge < -0.3 is 9.32 Å². The number of nitrogens with zero attached hydrogens (tertiary/aromatic N) is 1. The third kappa shape index (κ3) is 5.54. The minimum Gasteiger partial charge on any atom is -0.455 e. The van der Waals surface area contributed by atoms with Crippen LogP contribution in [0.1, 0.15) is 0 Å². The van der Waals surface area contributed by atoms with Gasteiger partial charge in [-0.15, -0.1) is 22.7 Å². The molecule has 0 amide bonds. The van der Waals surface area contributed by atoms with Crippen molar-refractivity contribution in [1.29, 1.82) is 0 Å². The molecule has 2 nitrogen and oxygen atoms in total. The molecule has 0 saturated carbocycles. The van der Waals surface area contributed by atoms with E-state index in [0.29, 0.717) is 0 Å². The van der Waals surface area contributed by atoms with Crippen LogP contribution in [0.2, 0.25) is 0 Å². The van der Waals surface area contributed by atoms with Crippen LogP contribution in [0.3, 0.4) is 0 Å². The standard InChI is InChI=1S/C58H35NOS2/c1-2-16-43-37(12-1)13-10-20-44(43)38-30-32-41(33-31-38)59(51-22-11-21-47-46-18-4-7-24-53(46)61-57(47)51)42-15-9-14-40(34-42)36-26-28-39(29-27-36)49-35-50-45-17-3-6-23-52(45)60-56(50)55-48-19-5-8-25-54(48)62-58(49)55/h1-35H. The molecule has 0 aliphatic carbocycles. The lowest BCUT2D eigenvalue weighted by Gasteiger charge is -2.27. The van der Waals surface area contributed by atoms with Crippen LogP contribution in [0.15, 0.2) is 217 Å². The summed E-state index contributed by atoms with van der Waals surface area (Å²) in [5.41, 5.74) is 12.5. The number of fused-ring (bicyclic) bond motifs is 11. The molecule has 290 valence electrons. The lowest BCUT2D eigenvalue weighted by atomic mass is 9.96. The van der Waals surface area contributed by atoms with Crippen LogP contribution < -0.4 is 4.90 Å². The van der Waals surface area contributed by atoms with Crippen molar-refractivity contribution in [1.82, 2.24) is 0 Å². The minimum absolute atomic E-state index is 0.921. The predicted molar refractivity (Wildman–Crippen MR) is 268 cm³/mol. The summed E-state index contributed by atoms with van der Waals surface area (Å²) in [6.45, 7) is 0. The van der Waals surface area contributed by atoms with Crippen molar-refractivity contribution in [3.05, 3.63) is 212 Å². The van der Waals surface area contributed by atoms with Crippen molar-refractivity contribution >= 4 is 113 Å². The first kappa shape index (κ1) is 35.3. The molecule has 62 heavy (non-hydrogen) atoms. The van der Waals surface area contributed by atoms with Crippen molar-refractivity contribution < 1.29 is 4.42 Å². The number of hydrogen-bond acceptors (Lipinski definition) is 4. The molecule has 13 rings (SSSR count). The first-order valence-corrected chi connectivity index (χ1v) is 22.6. The zero-order valence-corrected chi connectivity index (χ0v) is 35.0. The molecule has 4 heteroatoms. The van der Waals surface area contributed by atoms with E-state index in [4.69, 9.17) is 4.42 Å². The van der Waals surface area contributed by atoms with Gasteiger partial charge in [-0.25, -0.2) is 0 Å². The van der Waals surface area contributed by atoms with Gasteiger partial charge in [0.2, 0.25) is 0 Å². The van der Waals surface area contributed by atoms with E-state index in [1.165, 1.54) is 90.2 Å². The van der Waals surface area contributed by atoms with Crippen molar-refractivity contribution in [3.8, 4) is 33.4 Å². The Morgan fingerprint density at radius 1 is 0.355 bits per heavy atom. The fraction of sp³-hybridized carbons (Fsp3) is 0. The van der Waals surface area contributed by atoms with Gasteiger partial charge in [-0.2, -0.15) is 0 Å². The smallest absolute Gasteiger partial charge is 0.144 e. The summed E-state index contributed by atoms with van der Waals surface area (Å²) < 4.78 is 11.7. The first-order valence-electron chi connectivity index (χ1n) is 21.0. The fourth-order valence-corrected chi connectivity index (χ4v) is 12.0. The van der Waals surface area contributed by atoms with Crippen molar-refractivity contribution in [2.45, 2.75) is 0 Å². The van der Waals surface area contributed by atoms with Gasteiger partial charge in [0.1, 0.15) is 11.2 Å². The summed E-state index contributed by atoms with van der Waals surface area (Å²) in [6.07, 6.45) is 0. The minimum atomic E-state index is 0.921. The lowest BCUT2D eigenvalue weighted by molar-refractivity contribution is 0.673. The second kappa shape index (κ2) is 14.0. The van der Waals surface area contributed by atoms with E-state index in [-0.39, 0.29) is 0 Å². The SMILES string of the molecule is c1cc(-c2ccc(-c3cc4c5ccccc5oc4c4c3sc3ccccc34)cc2)cc(N(c2ccc(-c3cccc4ccccc34)cc2)c2cccc3c2sc2ccccc23)c1. The highest BCUT2D eigenvalue weighted by Crippen LogP contribution is 2.48. The van der Waals surface area contributed by atoms with E-state index in [9.17, 15) is 0 Å². The Balaban J connectivity index is 0.936. The second-order valence-corrected chi connectivity index (χ2v) is 18.1. The summed E-state index contributed by atoms with van der Waals surface area (Å²) >= 11 is 3.71.